The van der Waals surface area contributed by atoms with Crippen molar-refractivity contribution in [2.45, 2.75) is 26.3 Å². The number of hydrogen-bond donors (Lipinski definition) is 1. The number of rotatable bonds is 6. The van der Waals surface area contributed by atoms with E-state index in [9.17, 15) is 9.59 Å². The van der Waals surface area contributed by atoms with Crippen molar-refractivity contribution in [3.63, 3.8) is 0 Å². The van der Waals surface area contributed by atoms with E-state index in [0.29, 0.717) is 23.7 Å². The fourth-order valence-electron chi connectivity index (χ4n) is 2.88. The van der Waals surface area contributed by atoms with Crippen LogP contribution in [0.3, 0.4) is 0 Å². The normalized spacial score (nSPS) is 11.2. The van der Waals surface area contributed by atoms with Gasteiger partial charge in [0, 0.05) is 20.6 Å². The van der Waals surface area contributed by atoms with E-state index in [1.165, 1.54) is 11.6 Å². The number of anilines is 1. The molecule has 0 atom stereocenters. The first-order valence-corrected chi connectivity index (χ1v) is 8.48. The molecule has 3 aromatic rings. The molecule has 0 aliphatic heterocycles. The second-order valence-electron chi connectivity index (χ2n) is 6.17. The zero-order chi connectivity index (χ0) is 18.0. The highest BCUT2D eigenvalue weighted by molar-refractivity contribution is 5.74. The Kier molecular flexibility index (Phi) is 4.74. The van der Waals surface area contributed by atoms with Gasteiger partial charge >= 0.3 is 5.69 Å². The highest BCUT2D eigenvalue weighted by Gasteiger charge is 2.19. The lowest BCUT2D eigenvalue weighted by molar-refractivity contribution is 0.702. The summed E-state index contributed by atoms with van der Waals surface area (Å²) in [6, 6.07) is 9.90. The van der Waals surface area contributed by atoms with Gasteiger partial charge in [-0.1, -0.05) is 43.7 Å². The van der Waals surface area contributed by atoms with Crippen LogP contribution in [0, 0.1) is 0 Å². The van der Waals surface area contributed by atoms with E-state index in [1.807, 2.05) is 34.9 Å². The van der Waals surface area contributed by atoms with E-state index in [2.05, 4.69) is 17.2 Å². The van der Waals surface area contributed by atoms with Crippen LogP contribution in [0.2, 0.25) is 0 Å². The molecule has 0 spiro atoms. The molecule has 1 N–H and O–H groups in total. The van der Waals surface area contributed by atoms with E-state index in [1.54, 1.807) is 7.05 Å². The van der Waals surface area contributed by atoms with Crippen LogP contribution in [-0.2, 0) is 20.6 Å². The Balaban J connectivity index is 2.20. The molecule has 7 heteroatoms. The predicted octanol–water partition coefficient (Wildman–Crippen LogP) is 1.69. The molecule has 0 saturated carbocycles. The third kappa shape index (κ3) is 3.09. The topological polar surface area (TPSA) is 73.8 Å². The molecule has 25 heavy (non-hydrogen) atoms. The summed E-state index contributed by atoms with van der Waals surface area (Å²) in [6.45, 7) is 3.40. The highest BCUT2D eigenvalue weighted by atomic mass is 16.2. The Labute approximate surface area is 145 Å². The Morgan fingerprint density at radius 3 is 2.48 bits per heavy atom. The zero-order valence-corrected chi connectivity index (χ0v) is 14.8. The monoisotopic (exact) mass is 341 g/mol. The number of hydrogen-bond acceptors (Lipinski definition) is 4. The van der Waals surface area contributed by atoms with Crippen molar-refractivity contribution in [3.8, 4) is 0 Å². The number of fused-ring (bicyclic) bond motifs is 1. The van der Waals surface area contributed by atoms with Gasteiger partial charge in [-0.25, -0.2) is 4.79 Å². The fourth-order valence-corrected chi connectivity index (χ4v) is 2.88. The van der Waals surface area contributed by atoms with Crippen LogP contribution in [0.4, 0.5) is 5.95 Å². The van der Waals surface area contributed by atoms with Gasteiger partial charge in [-0.3, -0.25) is 18.5 Å². The van der Waals surface area contributed by atoms with Gasteiger partial charge in [0.25, 0.3) is 5.56 Å². The Morgan fingerprint density at radius 2 is 1.80 bits per heavy atom. The third-order valence-electron chi connectivity index (χ3n) is 4.34. The van der Waals surface area contributed by atoms with Gasteiger partial charge in [0.15, 0.2) is 11.2 Å². The quantitative estimate of drug-likeness (QED) is 0.693. The summed E-state index contributed by atoms with van der Waals surface area (Å²) >= 11 is 0. The predicted molar refractivity (Wildman–Crippen MR) is 99.2 cm³/mol. The van der Waals surface area contributed by atoms with Crippen molar-refractivity contribution in [3.05, 3.63) is 56.7 Å². The van der Waals surface area contributed by atoms with Gasteiger partial charge in [0.05, 0.1) is 6.54 Å². The van der Waals surface area contributed by atoms with Crippen molar-refractivity contribution in [2.24, 2.45) is 14.1 Å². The van der Waals surface area contributed by atoms with Gasteiger partial charge in [0.1, 0.15) is 0 Å². The Bertz CT molecular complexity index is 998. The van der Waals surface area contributed by atoms with E-state index in [4.69, 9.17) is 0 Å². The van der Waals surface area contributed by atoms with Crippen LogP contribution in [0.25, 0.3) is 11.2 Å². The molecule has 0 bridgehead atoms. The number of aryl methyl sites for hydroxylation is 1. The molecule has 132 valence electrons. The highest BCUT2D eigenvalue weighted by Crippen LogP contribution is 2.18. The summed E-state index contributed by atoms with van der Waals surface area (Å²) in [6.07, 6.45) is 2.07. The van der Waals surface area contributed by atoms with Crippen molar-refractivity contribution in [1.29, 1.82) is 0 Å². The van der Waals surface area contributed by atoms with E-state index in [-0.39, 0.29) is 11.2 Å². The lowest BCUT2D eigenvalue weighted by atomic mass is 10.2. The minimum Gasteiger partial charge on any atom is -0.356 e. The van der Waals surface area contributed by atoms with E-state index in [0.717, 1.165) is 29.5 Å². The molecule has 0 radical (unpaired) electrons. The maximum absolute atomic E-state index is 12.7. The van der Waals surface area contributed by atoms with Gasteiger partial charge < -0.3 is 5.32 Å². The summed E-state index contributed by atoms with van der Waals surface area (Å²) < 4.78 is 4.41. The second-order valence-corrected chi connectivity index (χ2v) is 6.17. The third-order valence-corrected chi connectivity index (χ3v) is 4.34. The summed E-state index contributed by atoms with van der Waals surface area (Å²) in [5, 5.41) is 3.31. The average Bonchev–Trinajstić information content (AvgIpc) is 2.98. The molecule has 0 aliphatic carbocycles. The lowest BCUT2D eigenvalue weighted by Gasteiger charge is -2.11. The van der Waals surface area contributed by atoms with Crippen molar-refractivity contribution in [1.82, 2.24) is 18.7 Å². The molecular formula is C18H23N5O2. The first-order valence-electron chi connectivity index (χ1n) is 8.48. The SMILES string of the molecule is CCCCNc1nc2c(c(=O)n(C)c(=O)n2C)n1Cc1ccccc1. The zero-order valence-electron chi connectivity index (χ0n) is 14.8. The molecule has 0 saturated heterocycles. The van der Waals surface area contributed by atoms with Gasteiger partial charge in [-0.15, -0.1) is 0 Å². The first kappa shape index (κ1) is 17.0. The smallest absolute Gasteiger partial charge is 0.332 e. The molecule has 1 aromatic carbocycles. The number of imidazole rings is 1. The molecule has 7 nitrogen and oxygen atoms in total. The summed E-state index contributed by atoms with van der Waals surface area (Å²) in [5.41, 5.74) is 1.21. The van der Waals surface area contributed by atoms with Crippen LogP contribution in [0.5, 0.6) is 0 Å². The minimum atomic E-state index is -0.373. The Hall–Kier alpha value is -2.83. The molecule has 2 aromatic heterocycles. The van der Waals surface area contributed by atoms with Crippen LogP contribution in [0.15, 0.2) is 39.9 Å². The molecule has 0 aliphatic rings. The van der Waals surface area contributed by atoms with Gasteiger partial charge in [-0.05, 0) is 12.0 Å². The summed E-state index contributed by atoms with van der Waals surface area (Å²) in [5.74, 6) is 0.616. The van der Waals surface area contributed by atoms with Crippen molar-refractivity contribution < 1.29 is 0 Å². The average molecular weight is 341 g/mol. The molecule has 0 amide bonds. The maximum Gasteiger partial charge on any atom is 0.332 e. The Morgan fingerprint density at radius 1 is 1.08 bits per heavy atom. The molecule has 2 heterocycles. The molecule has 0 unspecified atom stereocenters. The van der Waals surface area contributed by atoms with Crippen LogP contribution in [-0.4, -0.2) is 25.2 Å². The van der Waals surface area contributed by atoms with E-state index < -0.39 is 0 Å². The van der Waals surface area contributed by atoms with Crippen molar-refractivity contribution >= 4 is 17.1 Å². The lowest BCUT2D eigenvalue weighted by Crippen LogP contribution is -2.37. The van der Waals surface area contributed by atoms with E-state index >= 15 is 0 Å². The minimum absolute atomic E-state index is 0.329. The van der Waals surface area contributed by atoms with Gasteiger partial charge in [-0.2, -0.15) is 4.98 Å². The largest absolute Gasteiger partial charge is 0.356 e. The summed E-state index contributed by atoms with van der Waals surface area (Å²) in [7, 11) is 3.13. The summed E-state index contributed by atoms with van der Waals surface area (Å²) in [4.78, 5) is 29.5. The van der Waals surface area contributed by atoms with Crippen molar-refractivity contribution in [2.75, 3.05) is 11.9 Å². The van der Waals surface area contributed by atoms with Crippen LogP contribution < -0.4 is 16.6 Å². The standard InChI is InChI=1S/C18H23N5O2/c1-4-5-11-19-17-20-15-14(16(24)22(3)18(25)21(15)2)23(17)12-13-9-7-6-8-10-13/h6-10H,4-5,11-12H2,1-3H3,(H,19,20). The first-order chi connectivity index (χ1) is 12.0. The molecule has 3 rings (SSSR count). The van der Waals surface area contributed by atoms with Crippen LogP contribution in [0.1, 0.15) is 25.3 Å². The fraction of sp³-hybridized carbons (Fsp3) is 0.389. The number of nitrogens with one attached hydrogen (secondary N) is 1. The maximum atomic E-state index is 12.7. The number of nitrogens with zero attached hydrogens (tertiary/aromatic N) is 4. The number of unbranched alkanes of at least 4 members (excludes halogenated alkanes) is 1. The second kappa shape index (κ2) is 6.96. The molecular weight excluding hydrogens is 318 g/mol. The van der Waals surface area contributed by atoms with Crippen LogP contribution >= 0.6 is 0 Å². The number of aromatic nitrogens is 4. The number of benzene rings is 1. The van der Waals surface area contributed by atoms with Gasteiger partial charge in [0.2, 0.25) is 5.95 Å². The molecule has 0 fully saturated rings.